The molecule has 0 unspecified atom stereocenters. The highest BCUT2D eigenvalue weighted by Crippen LogP contribution is 2.27. The predicted octanol–water partition coefficient (Wildman–Crippen LogP) is 3.79. The molecule has 6 nitrogen and oxygen atoms in total. The monoisotopic (exact) mass is 457 g/mol. The Bertz CT molecular complexity index is 928. The van der Waals surface area contributed by atoms with Crippen LogP contribution in [0.5, 0.6) is 5.75 Å². The summed E-state index contributed by atoms with van der Waals surface area (Å²) in [5.74, 6) is -0.785. The number of carbonyl (C=O) groups excluding carboxylic acids is 2. The van der Waals surface area contributed by atoms with Gasteiger partial charge in [-0.3, -0.25) is 25.3 Å². The van der Waals surface area contributed by atoms with Crippen molar-refractivity contribution >= 4 is 23.4 Å². The van der Waals surface area contributed by atoms with Gasteiger partial charge in [-0.15, -0.1) is 0 Å². The van der Waals surface area contributed by atoms with E-state index < -0.39 is 24.6 Å². The molecule has 168 valence electrons. The molecule has 2 amide bonds. The average Bonchev–Trinajstić information content (AvgIpc) is 2.64. The Balaban J connectivity index is 1.89. The quantitative estimate of drug-likeness (QED) is 0.621. The lowest BCUT2D eigenvalue weighted by atomic mass is 10.1. The number of ether oxygens (including phenoxy) is 1. The first kappa shape index (κ1) is 24.5. The lowest BCUT2D eigenvalue weighted by Gasteiger charge is -2.19. The van der Waals surface area contributed by atoms with Crippen molar-refractivity contribution < 1.29 is 27.5 Å². The highest BCUT2D eigenvalue weighted by atomic mass is 35.5. The Labute approximate surface area is 183 Å². The van der Waals surface area contributed by atoms with E-state index in [-0.39, 0.29) is 22.9 Å². The number of halogens is 4. The van der Waals surface area contributed by atoms with E-state index in [4.69, 9.17) is 16.3 Å². The van der Waals surface area contributed by atoms with Crippen LogP contribution < -0.4 is 15.6 Å². The molecule has 0 aliphatic rings. The van der Waals surface area contributed by atoms with Gasteiger partial charge in [-0.1, -0.05) is 35.9 Å². The van der Waals surface area contributed by atoms with E-state index in [9.17, 15) is 22.8 Å². The molecule has 2 rings (SSSR count). The van der Waals surface area contributed by atoms with Crippen molar-refractivity contribution in [1.29, 1.82) is 0 Å². The minimum Gasteiger partial charge on any atom is -0.484 e. The molecule has 0 saturated heterocycles. The maximum atomic E-state index is 12.4. The fourth-order valence-corrected chi connectivity index (χ4v) is 3.23. The first-order valence-corrected chi connectivity index (χ1v) is 9.66. The van der Waals surface area contributed by atoms with Gasteiger partial charge < -0.3 is 4.74 Å². The third-order valence-electron chi connectivity index (χ3n) is 4.20. The number of aryl methyl sites for hydroxylation is 2. The Hall–Kier alpha value is -2.78. The molecular weight excluding hydrogens is 435 g/mol. The van der Waals surface area contributed by atoms with Crippen LogP contribution in [0.1, 0.15) is 27.0 Å². The van der Waals surface area contributed by atoms with E-state index in [1.807, 2.05) is 0 Å². The van der Waals surface area contributed by atoms with Crippen molar-refractivity contribution in [3.63, 3.8) is 0 Å². The molecule has 31 heavy (non-hydrogen) atoms. The SMILES string of the molecule is Cc1cc(CN(C)CC(=O)NNC(=O)c2ccccc2Cl)cc(C)c1OCC(F)(F)F. The van der Waals surface area contributed by atoms with Crippen LogP contribution in [0, 0.1) is 13.8 Å². The van der Waals surface area contributed by atoms with Gasteiger partial charge in [-0.25, -0.2) is 0 Å². The highest BCUT2D eigenvalue weighted by Gasteiger charge is 2.29. The van der Waals surface area contributed by atoms with Gasteiger partial charge >= 0.3 is 6.18 Å². The number of hydrogen-bond acceptors (Lipinski definition) is 4. The number of hydrogen-bond donors (Lipinski definition) is 2. The number of hydrazine groups is 1. The van der Waals surface area contributed by atoms with Gasteiger partial charge in [0.25, 0.3) is 11.8 Å². The third kappa shape index (κ3) is 7.76. The van der Waals surface area contributed by atoms with E-state index in [2.05, 4.69) is 10.9 Å². The van der Waals surface area contributed by atoms with Crippen LogP contribution in [0.3, 0.4) is 0 Å². The minimum atomic E-state index is -4.41. The van der Waals surface area contributed by atoms with E-state index in [0.717, 1.165) is 5.56 Å². The van der Waals surface area contributed by atoms with Crippen LogP contribution in [0.4, 0.5) is 13.2 Å². The first-order chi connectivity index (χ1) is 14.5. The van der Waals surface area contributed by atoms with Gasteiger partial charge in [0.2, 0.25) is 0 Å². The first-order valence-electron chi connectivity index (χ1n) is 9.28. The van der Waals surface area contributed by atoms with Crippen molar-refractivity contribution in [1.82, 2.24) is 15.8 Å². The Morgan fingerprint density at radius 2 is 1.71 bits per heavy atom. The summed E-state index contributed by atoms with van der Waals surface area (Å²) in [5, 5.41) is 0.264. The number of benzene rings is 2. The summed E-state index contributed by atoms with van der Waals surface area (Å²) in [4.78, 5) is 25.9. The third-order valence-corrected chi connectivity index (χ3v) is 4.53. The highest BCUT2D eigenvalue weighted by molar-refractivity contribution is 6.33. The average molecular weight is 458 g/mol. The topological polar surface area (TPSA) is 70.7 Å². The molecule has 0 atom stereocenters. The second kappa shape index (κ2) is 10.5. The summed E-state index contributed by atoms with van der Waals surface area (Å²) in [7, 11) is 1.70. The summed E-state index contributed by atoms with van der Waals surface area (Å²) in [6.07, 6.45) is -4.41. The number of rotatable bonds is 7. The number of nitrogens with one attached hydrogen (secondary N) is 2. The second-order valence-corrected chi connectivity index (χ2v) is 7.52. The standard InChI is InChI=1S/C21H23ClF3N3O3/c1-13-8-15(9-14(2)19(13)31-12-21(23,24)25)10-28(3)11-18(29)26-27-20(30)16-6-4-5-7-17(16)22/h4-9H,10-12H2,1-3H3,(H,26,29)(H,27,30). The summed E-state index contributed by atoms with van der Waals surface area (Å²) in [5.41, 5.74) is 6.81. The smallest absolute Gasteiger partial charge is 0.422 e. The van der Waals surface area contributed by atoms with Crippen molar-refractivity contribution in [2.75, 3.05) is 20.2 Å². The van der Waals surface area contributed by atoms with E-state index in [0.29, 0.717) is 17.7 Å². The lowest BCUT2D eigenvalue weighted by molar-refractivity contribution is -0.153. The number of nitrogens with zero attached hydrogens (tertiary/aromatic N) is 1. The molecule has 0 heterocycles. The van der Waals surface area contributed by atoms with Crippen molar-refractivity contribution in [2.24, 2.45) is 0 Å². The van der Waals surface area contributed by atoms with Crippen LogP contribution in [-0.2, 0) is 11.3 Å². The minimum absolute atomic E-state index is 0.0206. The molecular formula is C21H23ClF3N3O3. The lowest BCUT2D eigenvalue weighted by Crippen LogP contribution is -2.45. The fraction of sp³-hybridized carbons (Fsp3) is 0.333. The largest absolute Gasteiger partial charge is 0.484 e. The molecule has 0 fully saturated rings. The normalized spacial score (nSPS) is 11.4. The van der Waals surface area contributed by atoms with Gasteiger partial charge in [-0.2, -0.15) is 13.2 Å². The van der Waals surface area contributed by atoms with Gasteiger partial charge in [0.05, 0.1) is 17.1 Å². The van der Waals surface area contributed by atoms with E-state index in [1.54, 1.807) is 56.1 Å². The van der Waals surface area contributed by atoms with Crippen LogP contribution in [0.25, 0.3) is 0 Å². The Morgan fingerprint density at radius 3 is 2.29 bits per heavy atom. The van der Waals surface area contributed by atoms with Crippen molar-refractivity contribution in [3.05, 3.63) is 63.7 Å². The summed E-state index contributed by atoms with van der Waals surface area (Å²) in [6.45, 7) is 2.33. The maximum Gasteiger partial charge on any atom is 0.422 e. The zero-order valence-electron chi connectivity index (χ0n) is 17.3. The van der Waals surface area contributed by atoms with Crippen LogP contribution >= 0.6 is 11.6 Å². The number of alkyl halides is 3. The molecule has 0 aliphatic carbocycles. The van der Waals surface area contributed by atoms with E-state index in [1.165, 1.54) is 6.07 Å². The van der Waals surface area contributed by atoms with E-state index >= 15 is 0 Å². The number of carbonyl (C=O) groups is 2. The van der Waals surface area contributed by atoms with Crippen LogP contribution in [0.2, 0.25) is 5.02 Å². The Kier molecular flexibility index (Phi) is 8.29. The summed E-state index contributed by atoms with van der Waals surface area (Å²) in [6, 6.07) is 9.86. The molecule has 0 bridgehead atoms. The molecule has 0 aromatic heterocycles. The molecule has 0 saturated carbocycles. The van der Waals surface area contributed by atoms with Gasteiger partial charge in [-0.05, 0) is 49.7 Å². The van der Waals surface area contributed by atoms with Gasteiger partial charge in [0.1, 0.15) is 5.75 Å². The summed E-state index contributed by atoms with van der Waals surface area (Å²) < 4.78 is 42.1. The molecule has 2 N–H and O–H groups in total. The van der Waals surface area contributed by atoms with Crippen LogP contribution in [-0.4, -0.2) is 43.1 Å². The molecule has 0 aliphatic heterocycles. The molecule has 0 spiro atoms. The Morgan fingerprint density at radius 1 is 1.10 bits per heavy atom. The van der Waals surface area contributed by atoms with Crippen molar-refractivity contribution in [3.8, 4) is 5.75 Å². The zero-order chi connectivity index (χ0) is 23.2. The van der Waals surface area contributed by atoms with Crippen molar-refractivity contribution in [2.45, 2.75) is 26.6 Å². The molecule has 2 aromatic rings. The predicted molar refractivity (Wildman–Crippen MR) is 111 cm³/mol. The second-order valence-electron chi connectivity index (χ2n) is 7.12. The molecule has 2 aromatic carbocycles. The number of likely N-dealkylation sites (N-methyl/N-ethyl adjacent to an activating group) is 1. The van der Waals surface area contributed by atoms with Crippen LogP contribution in [0.15, 0.2) is 36.4 Å². The summed E-state index contributed by atoms with van der Waals surface area (Å²) >= 11 is 5.94. The molecule has 0 radical (unpaired) electrons. The maximum absolute atomic E-state index is 12.4. The fourth-order valence-electron chi connectivity index (χ4n) is 3.00. The number of amides is 2. The van der Waals surface area contributed by atoms with Gasteiger partial charge in [0, 0.05) is 6.54 Å². The molecule has 10 heteroatoms. The van der Waals surface area contributed by atoms with Gasteiger partial charge in [0.15, 0.2) is 6.61 Å². The zero-order valence-corrected chi connectivity index (χ0v) is 18.0.